The number of hydrogen-bond donors (Lipinski definition) is 1. The van der Waals surface area contributed by atoms with E-state index in [1.165, 1.54) is 10.6 Å². The van der Waals surface area contributed by atoms with Crippen LogP contribution in [0.1, 0.15) is 15.9 Å². The molecule has 0 bridgehead atoms. The maximum absolute atomic E-state index is 12.5. The van der Waals surface area contributed by atoms with Crippen LogP contribution in [0.2, 0.25) is 0 Å². The molecule has 150 valence electrons. The third-order valence-corrected chi connectivity index (χ3v) is 5.46. The maximum Gasteiger partial charge on any atom is 0.255 e. The average Bonchev–Trinajstić information content (AvgIpc) is 2.72. The first-order valence-electron chi connectivity index (χ1n) is 8.94. The number of carbonyl (C=O) groups excluding carboxylic acids is 1. The molecule has 0 aromatic heterocycles. The van der Waals surface area contributed by atoms with Crippen LogP contribution in [-0.4, -0.2) is 27.7 Å². The summed E-state index contributed by atoms with van der Waals surface area (Å²) in [5, 5.41) is 2.80. The molecule has 0 fully saturated rings. The van der Waals surface area contributed by atoms with Gasteiger partial charge in [-0.3, -0.25) is 9.10 Å². The van der Waals surface area contributed by atoms with Gasteiger partial charge in [0, 0.05) is 17.3 Å². The number of carbonyl (C=O) groups is 1. The molecule has 29 heavy (non-hydrogen) atoms. The number of amides is 1. The van der Waals surface area contributed by atoms with Crippen LogP contribution in [0.3, 0.4) is 0 Å². The van der Waals surface area contributed by atoms with Crippen molar-refractivity contribution in [1.82, 2.24) is 0 Å². The van der Waals surface area contributed by atoms with Gasteiger partial charge >= 0.3 is 0 Å². The Kier molecular flexibility index (Phi) is 6.19. The number of nitrogens with zero attached hydrogens (tertiary/aromatic N) is 1. The topological polar surface area (TPSA) is 75.7 Å². The van der Waals surface area contributed by atoms with Crippen molar-refractivity contribution in [3.63, 3.8) is 0 Å². The van der Waals surface area contributed by atoms with Crippen LogP contribution in [-0.2, 0) is 16.6 Å². The number of hydrogen-bond acceptors (Lipinski definition) is 4. The molecule has 1 N–H and O–H groups in total. The Bertz CT molecular complexity index is 1080. The van der Waals surface area contributed by atoms with Crippen molar-refractivity contribution in [2.24, 2.45) is 0 Å². The molecule has 0 spiro atoms. The highest BCUT2D eigenvalue weighted by molar-refractivity contribution is 7.92. The molecular formula is C22H22N2O4S. The molecular weight excluding hydrogens is 388 g/mol. The van der Waals surface area contributed by atoms with E-state index in [1.807, 2.05) is 30.3 Å². The smallest absolute Gasteiger partial charge is 0.255 e. The third-order valence-electron chi connectivity index (χ3n) is 4.31. The number of ether oxygens (including phenoxy) is 1. The highest BCUT2D eigenvalue weighted by Gasteiger charge is 2.18. The summed E-state index contributed by atoms with van der Waals surface area (Å²) in [7, 11) is -1.93. The maximum atomic E-state index is 12.5. The SMILES string of the molecule is COc1cccc(NC(=O)c2ccc(N(Cc3ccccc3)S(C)(=O)=O)cc2)c1. The standard InChI is InChI=1S/C22H22N2O4S/c1-28-21-10-6-9-19(15-21)23-22(25)18-11-13-20(14-12-18)24(29(2,26)27)16-17-7-4-3-5-8-17/h3-15H,16H2,1-2H3,(H,23,25). The van der Waals surface area contributed by atoms with Crippen molar-refractivity contribution in [3.8, 4) is 5.75 Å². The average molecular weight is 410 g/mol. The molecule has 0 radical (unpaired) electrons. The van der Waals surface area contributed by atoms with Crippen molar-refractivity contribution >= 4 is 27.3 Å². The fraction of sp³-hybridized carbons (Fsp3) is 0.136. The number of anilines is 2. The first kappa shape index (κ1) is 20.4. The molecule has 0 saturated carbocycles. The fourth-order valence-corrected chi connectivity index (χ4v) is 3.72. The molecule has 0 unspecified atom stereocenters. The fourth-order valence-electron chi connectivity index (χ4n) is 2.83. The molecule has 7 heteroatoms. The number of methoxy groups -OCH3 is 1. The Morgan fingerprint density at radius 1 is 0.966 bits per heavy atom. The largest absolute Gasteiger partial charge is 0.497 e. The summed E-state index contributed by atoms with van der Waals surface area (Å²) in [6, 6.07) is 22.9. The minimum atomic E-state index is -3.49. The number of benzene rings is 3. The lowest BCUT2D eigenvalue weighted by Gasteiger charge is -2.22. The zero-order chi connectivity index (χ0) is 20.9. The zero-order valence-corrected chi connectivity index (χ0v) is 17.0. The number of rotatable bonds is 7. The zero-order valence-electron chi connectivity index (χ0n) is 16.2. The lowest BCUT2D eigenvalue weighted by atomic mass is 10.1. The molecule has 3 rings (SSSR count). The molecule has 0 heterocycles. The predicted molar refractivity (Wildman–Crippen MR) is 115 cm³/mol. The second kappa shape index (κ2) is 8.79. The molecule has 0 saturated heterocycles. The molecule has 6 nitrogen and oxygen atoms in total. The van der Waals surface area contributed by atoms with E-state index in [4.69, 9.17) is 4.74 Å². The van der Waals surface area contributed by atoms with Crippen LogP contribution in [0.25, 0.3) is 0 Å². The highest BCUT2D eigenvalue weighted by Crippen LogP contribution is 2.22. The van der Waals surface area contributed by atoms with Crippen LogP contribution in [0.15, 0.2) is 78.9 Å². The van der Waals surface area contributed by atoms with Gasteiger partial charge in [-0.05, 0) is 42.0 Å². The van der Waals surface area contributed by atoms with Gasteiger partial charge in [0.2, 0.25) is 10.0 Å². The Hall–Kier alpha value is -3.32. The van der Waals surface area contributed by atoms with Crippen LogP contribution in [0, 0.1) is 0 Å². The molecule has 0 aliphatic heterocycles. The summed E-state index contributed by atoms with van der Waals surface area (Å²) in [5.41, 5.74) is 2.40. The second-order valence-corrected chi connectivity index (χ2v) is 8.40. The van der Waals surface area contributed by atoms with Crippen molar-refractivity contribution in [3.05, 3.63) is 90.0 Å². The van der Waals surface area contributed by atoms with Crippen LogP contribution < -0.4 is 14.4 Å². The predicted octanol–water partition coefficient (Wildman–Crippen LogP) is 3.91. The van der Waals surface area contributed by atoms with Gasteiger partial charge in [-0.1, -0.05) is 36.4 Å². The number of nitrogens with one attached hydrogen (secondary N) is 1. The minimum Gasteiger partial charge on any atom is -0.497 e. The molecule has 0 atom stereocenters. The van der Waals surface area contributed by atoms with Gasteiger partial charge in [0.1, 0.15) is 5.75 Å². The summed E-state index contributed by atoms with van der Waals surface area (Å²) in [6.45, 7) is 0.217. The van der Waals surface area contributed by atoms with E-state index in [0.717, 1.165) is 5.56 Å². The Balaban J connectivity index is 1.78. The van der Waals surface area contributed by atoms with E-state index in [-0.39, 0.29) is 12.5 Å². The first-order valence-corrected chi connectivity index (χ1v) is 10.8. The molecule has 3 aromatic rings. The first-order chi connectivity index (χ1) is 13.9. The van der Waals surface area contributed by atoms with Crippen molar-refractivity contribution in [1.29, 1.82) is 0 Å². The van der Waals surface area contributed by atoms with E-state index in [0.29, 0.717) is 22.7 Å². The van der Waals surface area contributed by atoms with Gasteiger partial charge in [0.25, 0.3) is 5.91 Å². The Morgan fingerprint density at radius 3 is 2.28 bits per heavy atom. The van der Waals surface area contributed by atoms with Crippen LogP contribution >= 0.6 is 0 Å². The van der Waals surface area contributed by atoms with E-state index >= 15 is 0 Å². The van der Waals surface area contributed by atoms with Gasteiger partial charge in [0.05, 0.1) is 25.6 Å². The van der Waals surface area contributed by atoms with Gasteiger partial charge in [0.15, 0.2) is 0 Å². The highest BCUT2D eigenvalue weighted by atomic mass is 32.2. The number of sulfonamides is 1. The summed E-state index contributed by atoms with van der Waals surface area (Å²) in [6.07, 6.45) is 1.17. The quantitative estimate of drug-likeness (QED) is 0.641. The minimum absolute atomic E-state index is 0.217. The van der Waals surface area contributed by atoms with E-state index in [1.54, 1.807) is 55.6 Å². The Labute approximate surface area is 170 Å². The Morgan fingerprint density at radius 2 is 1.66 bits per heavy atom. The van der Waals surface area contributed by atoms with Crippen molar-refractivity contribution in [2.45, 2.75) is 6.54 Å². The van der Waals surface area contributed by atoms with Gasteiger partial charge in [-0.25, -0.2) is 8.42 Å². The van der Waals surface area contributed by atoms with Crippen molar-refractivity contribution < 1.29 is 17.9 Å². The van der Waals surface area contributed by atoms with Gasteiger partial charge < -0.3 is 10.1 Å². The van der Waals surface area contributed by atoms with E-state index < -0.39 is 10.0 Å². The second-order valence-electron chi connectivity index (χ2n) is 6.49. The van der Waals surface area contributed by atoms with Gasteiger partial charge in [-0.2, -0.15) is 0 Å². The summed E-state index contributed by atoms with van der Waals surface area (Å²) in [5.74, 6) is 0.349. The molecule has 3 aromatic carbocycles. The van der Waals surface area contributed by atoms with E-state index in [9.17, 15) is 13.2 Å². The molecule has 0 aliphatic carbocycles. The summed E-state index contributed by atoms with van der Waals surface area (Å²) >= 11 is 0. The monoisotopic (exact) mass is 410 g/mol. The third kappa shape index (κ3) is 5.36. The summed E-state index contributed by atoms with van der Waals surface area (Å²) < 4.78 is 31.0. The van der Waals surface area contributed by atoms with Crippen LogP contribution in [0.4, 0.5) is 11.4 Å². The summed E-state index contributed by atoms with van der Waals surface area (Å²) in [4.78, 5) is 12.5. The van der Waals surface area contributed by atoms with Gasteiger partial charge in [-0.15, -0.1) is 0 Å². The molecule has 0 aliphatic rings. The normalized spacial score (nSPS) is 11.0. The van der Waals surface area contributed by atoms with E-state index in [2.05, 4.69) is 5.32 Å². The lowest BCUT2D eigenvalue weighted by molar-refractivity contribution is 0.102. The van der Waals surface area contributed by atoms with Crippen LogP contribution in [0.5, 0.6) is 5.75 Å². The lowest BCUT2D eigenvalue weighted by Crippen LogP contribution is -2.29. The molecule has 1 amide bonds. The van der Waals surface area contributed by atoms with Crippen molar-refractivity contribution in [2.75, 3.05) is 23.0 Å².